The molecule has 0 aromatic carbocycles. The largest absolute Gasteiger partial charge is 0.357 e. The average Bonchev–Trinajstić information content (AvgIpc) is 2.63. The van der Waals surface area contributed by atoms with Gasteiger partial charge >= 0.3 is 0 Å². The lowest BCUT2D eigenvalue weighted by Crippen LogP contribution is -2.41. The Balaban J connectivity index is 1.43. The van der Waals surface area contributed by atoms with Crippen molar-refractivity contribution in [1.29, 1.82) is 0 Å². The van der Waals surface area contributed by atoms with Crippen molar-refractivity contribution in [2.45, 2.75) is 32.6 Å². The number of rotatable bonds is 6. The summed E-state index contributed by atoms with van der Waals surface area (Å²) in [5.74, 6) is 2.91. The Hall–Kier alpha value is -1.13. The molecule has 1 aromatic heterocycles. The predicted molar refractivity (Wildman–Crippen MR) is 96.9 cm³/mol. The molecule has 3 heterocycles. The monoisotopic (exact) mass is 316 g/mol. The lowest BCUT2D eigenvalue weighted by atomic mass is 9.94. The molecule has 23 heavy (non-hydrogen) atoms. The fourth-order valence-corrected chi connectivity index (χ4v) is 4.01. The van der Waals surface area contributed by atoms with Crippen molar-refractivity contribution in [3.8, 4) is 0 Å². The van der Waals surface area contributed by atoms with E-state index in [0.29, 0.717) is 0 Å². The van der Waals surface area contributed by atoms with Gasteiger partial charge < -0.3 is 15.1 Å². The van der Waals surface area contributed by atoms with Crippen LogP contribution in [0.3, 0.4) is 0 Å². The standard InChI is InChI=1S/C19H32N4/c1-2-22(15-17-6-11-20-12-7-17)16-18-8-13-23(14-9-18)19-5-3-4-10-21-19/h3-5,10,17-18,20H,2,6-9,11-16H2,1H3. The maximum Gasteiger partial charge on any atom is 0.128 e. The van der Waals surface area contributed by atoms with Gasteiger partial charge in [0, 0.05) is 32.4 Å². The highest BCUT2D eigenvalue weighted by Crippen LogP contribution is 2.23. The highest BCUT2D eigenvalue weighted by molar-refractivity contribution is 5.37. The van der Waals surface area contributed by atoms with Crippen LogP contribution < -0.4 is 10.2 Å². The number of pyridine rings is 1. The van der Waals surface area contributed by atoms with Crippen LogP contribution in [0.15, 0.2) is 24.4 Å². The summed E-state index contributed by atoms with van der Waals surface area (Å²) in [5.41, 5.74) is 0. The van der Waals surface area contributed by atoms with Crippen LogP contribution in [0.5, 0.6) is 0 Å². The molecule has 3 rings (SSSR count). The van der Waals surface area contributed by atoms with E-state index in [-0.39, 0.29) is 0 Å². The fraction of sp³-hybridized carbons (Fsp3) is 0.737. The van der Waals surface area contributed by atoms with Crippen LogP contribution in [0.4, 0.5) is 5.82 Å². The highest BCUT2D eigenvalue weighted by atomic mass is 15.2. The van der Waals surface area contributed by atoms with Gasteiger partial charge in [-0.3, -0.25) is 0 Å². The molecule has 2 aliphatic rings. The summed E-state index contributed by atoms with van der Waals surface area (Å²) >= 11 is 0. The number of aromatic nitrogens is 1. The number of anilines is 1. The second-order valence-corrected chi connectivity index (χ2v) is 7.16. The van der Waals surface area contributed by atoms with Crippen LogP contribution in [0.2, 0.25) is 0 Å². The van der Waals surface area contributed by atoms with Crippen LogP contribution in [-0.4, -0.2) is 55.7 Å². The average molecular weight is 316 g/mol. The molecule has 0 aliphatic carbocycles. The molecular weight excluding hydrogens is 284 g/mol. The van der Waals surface area contributed by atoms with E-state index in [1.807, 2.05) is 12.3 Å². The molecule has 1 aromatic rings. The summed E-state index contributed by atoms with van der Waals surface area (Å²) in [6.45, 7) is 10.9. The minimum atomic E-state index is 0.858. The molecule has 2 fully saturated rings. The zero-order valence-electron chi connectivity index (χ0n) is 14.6. The van der Waals surface area contributed by atoms with Crippen molar-refractivity contribution < 1.29 is 0 Å². The van der Waals surface area contributed by atoms with E-state index in [0.717, 1.165) is 30.7 Å². The molecule has 0 amide bonds. The molecule has 0 saturated carbocycles. The third-order valence-corrected chi connectivity index (χ3v) is 5.53. The lowest BCUT2D eigenvalue weighted by Gasteiger charge is -2.36. The maximum absolute atomic E-state index is 4.49. The third kappa shape index (κ3) is 4.92. The van der Waals surface area contributed by atoms with Gasteiger partial charge in [0.2, 0.25) is 0 Å². The fourth-order valence-electron chi connectivity index (χ4n) is 4.01. The van der Waals surface area contributed by atoms with Gasteiger partial charge in [-0.15, -0.1) is 0 Å². The Labute approximate surface area is 141 Å². The molecule has 0 atom stereocenters. The molecule has 0 radical (unpaired) electrons. The first-order valence-electron chi connectivity index (χ1n) is 9.44. The van der Waals surface area contributed by atoms with Gasteiger partial charge in [0.05, 0.1) is 0 Å². The van der Waals surface area contributed by atoms with E-state index in [1.165, 1.54) is 58.4 Å². The normalized spacial score (nSPS) is 21.0. The van der Waals surface area contributed by atoms with Crippen molar-refractivity contribution in [3.05, 3.63) is 24.4 Å². The summed E-state index contributed by atoms with van der Waals surface area (Å²) < 4.78 is 0. The molecule has 0 spiro atoms. The zero-order valence-corrected chi connectivity index (χ0v) is 14.6. The van der Waals surface area contributed by atoms with E-state index in [9.17, 15) is 0 Å². The highest BCUT2D eigenvalue weighted by Gasteiger charge is 2.23. The van der Waals surface area contributed by atoms with Gasteiger partial charge in [0.1, 0.15) is 5.82 Å². The van der Waals surface area contributed by atoms with Crippen molar-refractivity contribution in [3.63, 3.8) is 0 Å². The van der Waals surface area contributed by atoms with Crippen molar-refractivity contribution in [1.82, 2.24) is 15.2 Å². The Morgan fingerprint density at radius 1 is 1.09 bits per heavy atom. The molecule has 2 aliphatic heterocycles. The lowest BCUT2D eigenvalue weighted by molar-refractivity contribution is 0.175. The Morgan fingerprint density at radius 2 is 1.78 bits per heavy atom. The molecule has 4 heteroatoms. The minimum absolute atomic E-state index is 0.858. The number of nitrogens with one attached hydrogen (secondary N) is 1. The Bertz CT molecular complexity index is 436. The first-order valence-corrected chi connectivity index (χ1v) is 9.44. The smallest absolute Gasteiger partial charge is 0.128 e. The van der Waals surface area contributed by atoms with E-state index in [4.69, 9.17) is 0 Å². The Kier molecular flexibility index (Phi) is 6.29. The SMILES string of the molecule is CCN(CC1CCNCC1)CC1CCN(c2ccccn2)CC1. The molecule has 0 bridgehead atoms. The minimum Gasteiger partial charge on any atom is -0.357 e. The van der Waals surface area contributed by atoms with Gasteiger partial charge in [-0.05, 0) is 69.3 Å². The first kappa shape index (κ1) is 16.7. The topological polar surface area (TPSA) is 31.4 Å². The quantitative estimate of drug-likeness (QED) is 0.874. The molecule has 2 saturated heterocycles. The number of piperidine rings is 2. The molecule has 4 nitrogen and oxygen atoms in total. The van der Waals surface area contributed by atoms with Gasteiger partial charge in [0.15, 0.2) is 0 Å². The van der Waals surface area contributed by atoms with Gasteiger partial charge in [-0.1, -0.05) is 13.0 Å². The number of hydrogen-bond donors (Lipinski definition) is 1. The maximum atomic E-state index is 4.49. The number of hydrogen-bond acceptors (Lipinski definition) is 4. The zero-order chi connectivity index (χ0) is 15.9. The van der Waals surface area contributed by atoms with Gasteiger partial charge in [-0.25, -0.2) is 4.98 Å². The summed E-state index contributed by atoms with van der Waals surface area (Å²) in [6.07, 6.45) is 7.22. The number of nitrogens with zero attached hydrogens (tertiary/aromatic N) is 3. The van der Waals surface area contributed by atoms with E-state index >= 15 is 0 Å². The van der Waals surface area contributed by atoms with Crippen LogP contribution >= 0.6 is 0 Å². The summed E-state index contributed by atoms with van der Waals surface area (Å²) in [7, 11) is 0. The van der Waals surface area contributed by atoms with E-state index in [2.05, 4.69) is 39.2 Å². The van der Waals surface area contributed by atoms with Gasteiger partial charge in [-0.2, -0.15) is 0 Å². The first-order chi connectivity index (χ1) is 11.3. The van der Waals surface area contributed by atoms with E-state index in [1.54, 1.807) is 0 Å². The van der Waals surface area contributed by atoms with Crippen LogP contribution in [0, 0.1) is 11.8 Å². The summed E-state index contributed by atoms with van der Waals surface area (Å²) in [5, 5.41) is 3.48. The van der Waals surface area contributed by atoms with Crippen LogP contribution in [-0.2, 0) is 0 Å². The summed E-state index contributed by atoms with van der Waals surface area (Å²) in [4.78, 5) is 9.64. The Morgan fingerprint density at radius 3 is 2.39 bits per heavy atom. The molecule has 128 valence electrons. The third-order valence-electron chi connectivity index (χ3n) is 5.53. The van der Waals surface area contributed by atoms with Crippen molar-refractivity contribution >= 4 is 5.82 Å². The van der Waals surface area contributed by atoms with Crippen LogP contribution in [0.25, 0.3) is 0 Å². The molecule has 1 N–H and O–H groups in total. The van der Waals surface area contributed by atoms with Crippen molar-refractivity contribution in [2.24, 2.45) is 11.8 Å². The second-order valence-electron chi connectivity index (χ2n) is 7.16. The predicted octanol–water partition coefficient (Wildman–Crippen LogP) is 2.62. The van der Waals surface area contributed by atoms with Gasteiger partial charge in [0.25, 0.3) is 0 Å². The van der Waals surface area contributed by atoms with Crippen LogP contribution in [0.1, 0.15) is 32.6 Å². The van der Waals surface area contributed by atoms with E-state index < -0.39 is 0 Å². The molecule has 0 unspecified atom stereocenters. The second kappa shape index (κ2) is 8.65. The van der Waals surface area contributed by atoms with Crippen molar-refractivity contribution in [2.75, 3.05) is 50.7 Å². The summed E-state index contributed by atoms with van der Waals surface area (Å²) in [6, 6.07) is 6.22. The molecular formula is C19H32N4.